The predicted molar refractivity (Wildman–Crippen MR) is 136 cm³/mol. The Balaban J connectivity index is 5.88. The summed E-state index contributed by atoms with van der Waals surface area (Å²) in [6.07, 6.45) is -1.17. The number of hydrogen-bond donors (Lipinski definition) is 7. The molecule has 0 radical (unpaired) electrons. The van der Waals surface area contributed by atoms with Crippen molar-refractivity contribution in [3.05, 3.63) is 0 Å². The Morgan fingerprint density at radius 2 is 1.58 bits per heavy atom. The van der Waals surface area contributed by atoms with Gasteiger partial charge in [-0.05, 0) is 32.6 Å². The molecule has 5 amide bonds. The highest BCUT2D eigenvalue weighted by Gasteiger charge is 2.34. The smallest absolute Gasteiger partial charge is 0.407 e. The van der Waals surface area contributed by atoms with Gasteiger partial charge in [0.1, 0.15) is 24.2 Å². The van der Waals surface area contributed by atoms with Gasteiger partial charge in [-0.15, -0.1) is 0 Å². The monoisotopic (exact) mass is 544 g/mol. The molecule has 4 atom stereocenters. The molecule has 0 aliphatic carbocycles. The van der Waals surface area contributed by atoms with Gasteiger partial charge in [-0.2, -0.15) is 0 Å². The van der Waals surface area contributed by atoms with E-state index in [0.29, 0.717) is 0 Å². The van der Waals surface area contributed by atoms with Crippen LogP contribution in [0.15, 0.2) is 4.99 Å². The number of aliphatic carboxylic acids is 1. The molecule has 0 bridgehead atoms. The van der Waals surface area contributed by atoms with Crippen LogP contribution in [0.2, 0.25) is 0 Å². The van der Waals surface area contributed by atoms with E-state index in [1.54, 1.807) is 20.8 Å². The van der Waals surface area contributed by atoms with Crippen molar-refractivity contribution in [2.75, 3.05) is 20.2 Å². The van der Waals surface area contributed by atoms with Gasteiger partial charge in [-0.3, -0.25) is 24.2 Å². The van der Waals surface area contributed by atoms with E-state index in [1.165, 1.54) is 14.0 Å². The van der Waals surface area contributed by atoms with Gasteiger partial charge in [0.05, 0.1) is 13.0 Å². The minimum absolute atomic E-state index is 0.0334. The number of carbonyl (C=O) groups is 6. The molecule has 0 heterocycles. The van der Waals surface area contributed by atoms with E-state index in [2.05, 4.69) is 20.9 Å². The summed E-state index contributed by atoms with van der Waals surface area (Å²) >= 11 is 0. The first-order valence-corrected chi connectivity index (χ1v) is 12.0. The summed E-state index contributed by atoms with van der Waals surface area (Å²) in [5.41, 5.74) is 15.9. The Labute approximate surface area is 221 Å². The molecule has 0 fully saturated rings. The van der Waals surface area contributed by atoms with Crippen LogP contribution in [-0.4, -0.2) is 96.0 Å². The zero-order valence-electron chi connectivity index (χ0n) is 22.4. The van der Waals surface area contributed by atoms with Gasteiger partial charge in [-0.1, -0.05) is 13.8 Å². The normalized spacial score (nSPS) is 13.7. The summed E-state index contributed by atoms with van der Waals surface area (Å²) in [6, 6.07) is -5.06. The number of nitrogens with two attached hydrogens (primary N) is 3. The van der Waals surface area contributed by atoms with Crippen molar-refractivity contribution < 1.29 is 38.6 Å². The molecule has 0 aromatic heterocycles. The fourth-order valence-electron chi connectivity index (χ4n) is 3.31. The number of alkyl carbamates (subject to hydrolysis) is 1. The molecule has 16 heteroatoms. The Morgan fingerprint density at radius 1 is 0.974 bits per heavy atom. The number of carbonyl (C=O) groups excluding carboxylic acids is 5. The number of carboxylic acids is 1. The van der Waals surface area contributed by atoms with Crippen LogP contribution in [0.1, 0.15) is 47.0 Å². The first-order valence-electron chi connectivity index (χ1n) is 12.0. The molecule has 0 aromatic carbocycles. The Hall–Kier alpha value is -4.11. The zero-order valence-corrected chi connectivity index (χ0v) is 22.4. The number of aliphatic imine (C=N–C) groups is 1. The number of likely N-dealkylation sites (N-methyl/N-ethyl adjacent to an activating group) is 1. The lowest BCUT2D eigenvalue weighted by Crippen LogP contribution is -2.58. The van der Waals surface area contributed by atoms with Gasteiger partial charge in [-0.25, -0.2) is 9.59 Å². The van der Waals surface area contributed by atoms with Crippen molar-refractivity contribution in [3.8, 4) is 0 Å². The zero-order chi connectivity index (χ0) is 29.6. The lowest BCUT2D eigenvalue weighted by Gasteiger charge is -2.31. The van der Waals surface area contributed by atoms with E-state index < -0.39 is 72.2 Å². The second-order valence-electron chi connectivity index (χ2n) is 8.80. The first kappa shape index (κ1) is 33.9. The lowest BCUT2D eigenvalue weighted by molar-refractivity contribution is -0.144. The molecule has 0 aromatic rings. The number of hydrogen-bond acceptors (Lipinski definition) is 8. The van der Waals surface area contributed by atoms with E-state index >= 15 is 0 Å². The lowest BCUT2D eigenvalue weighted by atomic mass is 10.0. The summed E-state index contributed by atoms with van der Waals surface area (Å²) < 4.78 is 4.76. The number of ether oxygens (including phenoxy) is 1. The molecule has 0 aliphatic rings. The number of nitrogens with zero attached hydrogens (tertiary/aromatic N) is 2. The van der Waals surface area contributed by atoms with Crippen LogP contribution in [0.25, 0.3) is 0 Å². The van der Waals surface area contributed by atoms with Crippen molar-refractivity contribution in [1.29, 1.82) is 0 Å². The summed E-state index contributed by atoms with van der Waals surface area (Å²) in [7, 11) is 1.32. The molecule has 10 N–H and O–H groups in total. The molecule has 0 unspecified atom stereocenters. The van der Waals surface area contributed by atoms with E-state index in [-0.39, 0.29) is 32.0 Å². The van der Waals surface area contributed by atoms with Crippen LogP contribution < -0.4 is 33.2 Å². The number of guanidine groups is 1. The largest absolute Gasteiger partial charge is 0.480 e. The standard InChI is InChI=1S/C22H40N8O8/c1-6-38-22(37)27-12(4)19(34)30(5)14(8-7-9-26-21(24)25)18(33)28-13(10-15(23)31)17(32)29-16(11(2)3)20(35)36/h11-14,16H,6-10H2,1-5H3,(H2,23,31)(H,27,37)(H,28,33)(H,29,32)(H,35,36)(H4,24,25,26)/t12-,13+,14+,16+/m1/s1. The minimum Gasteiger partial charge on any atom is -0.480 e. The van der Waals surface area contributed by atoms with Gasteiger partial charge >= 0.3 is 12.1 Å². The van der Waals surface area contributed by atoms with Crippen molar-refractivity contribution in [2.45, 2.75) is 71.1 Å². The minimum atomic E-state index is -1.51. The maximum atomic E-state index is 13.3. The van der Waals surface area contributed by atoms with Crippen LogP contribution in [0.3, 0.4) is 0 Å². The van der Waals surface area contributed by atoms with Gasteiger partial charge in [0.2, 0.25) is 23.6 Å². The van der Waals surface area contributed by atoms with Crippen LogP contribution in [-0.2, 0) is 28.7 Å². The highest BCUT2D eigenvalue weighted by Crippen LogP contribution is 2.10. The predicted octanol–water partition coefficient (Wildman–Crippen LogP) is -2.41. The third kappa shape index (κ3) is 12.2. The molecule has 0 spiro atoms. The van der Waals surface area contributed by atoms with Crippen molar-refractivity contribution in [3.63, 3.8) is 0 Å². The second-order valence-corrected chi connectivity index (χ2v) is 8.80. The topological polar surface area (TPSA) is 262 Å². The van der Waals surface area contributed by atoms with Crippen molar-refractivity contribution in [1.82, 2.24) is 20.9 Å². The fraction of sp³-hybridized carbons (Fsp3) is 0.682. The van der Waals surface area contributed by atoms with E-state index in [0.717, 1.165) is 4.90 Å². The molecule has 0 rings (SSSR count). The molecular formula is C22H40N8O8. The number of primary amides is 1. The summed E-state index contributed by atoms with van der Waals surface area (Å²) in [5.74, 6) is -5.32. The molecule has 0 saturated heterocycles. The Morgan fingerprint density at radius 3 is 2.05 bits per heavy atom. The van der Waals surface area contributed by atoms with Gasteiger partial charge in [0.25, 0.3) is 0 Å². The van der Waals surface area contributed by atoms with Crippen LogP contribution in [0.5, 0.6) is 0 Å². The second kappa shape index (κ2) is 16.6. The van der Waals surface area contributed by atoms with Crippen molar-refractivity contribution in [2.24, 2.45) is 28.1 Å². The summed E-state index contributed by atoms with van der Waals surface area (Å²) in [6.45, 7) is 6.34. The molecule has 38 heavy (non-hydrogen) atoms. The molecule has 0 aliphatic heterocycles. The first-order chi connectivity index (χ1) is 17.6. The average molecular weight is 545 g/mol. The van der Waals surface area contributed by atoms with E-state index in [1.807, 2.05) is 0 Å². The maximum absolute atomic E-state index is 13.3. The maximum Gasteiger partial charge on any atom is 0.407 e. The van der Waals surface area contributed by atoms with Gasteiger partial charge in [0, 0.05) is 13.6 Å². The molecular weight excluding hydrogens is 504 g/mol. The van der Waals surface area contributed by atoms with Crippen molar-refractivity contribution >= 4 is 41.7 Å². The number of amides is 5. The van der Waals surface area contributed by atoms with E-state index in [4.69, 9.17) is 21.9 Å². The fourth-order valence-corrected chi connectivity index (χ4v) is 3.31. The number of carboxylic acid groups (broad SMARTS) is 1. The number of rotatable bonds is 16. The summed E-state index contributed by atoms with van der Waals surface area (Å²) in [5, 5.41) is 16.4. The highest BCUT2D eigenvalue weighted by molar-refractivity contribution is 5.96. The Bertz CT molecular complexity index is 891. The van der Waals surface area contributed by atoms with Crippen LogP contribution >= 0.6 is 0 Å². The Kier molecular flexibility index (Phi) is 14.8. The summed E-state index contributed by atoms with van der Waals surface area (Å²) in [4.78, 5) is 78.7. The third-order valence-electron chi connectivity index (χ3n) is 5.30. The van der Waals surface area contributed by atoms with Crippen LogP contribution in [0, 0.1) is 5.92 Å². The van der Waals surface area contributed by atoms with Crippen LogP contribution in [0.4, 0.5) is 4.79 Å². The third-order valence-corrected chi connectivity index (χ3v) is 5.30. The molecule has 0 saturated carbocycles. The molecule has 16 nitrogen and oxygen atoms in total. The van der Waals surface area contributed by atoms with Gasteiger partial charge < -0.3 is 47.9 Å². The highest BCUT2D eigenvalue weighted by atomic mass is 16.5. The van der Waals surface area contributed by atoms with Gasteiger partial charge in [0.15, 0.2) is 5.96 Å². The quantitative estimate of drug-likeness (QED) is 0.0614. The average Bonchev–Trinajstić information content (AvgIpc) is 2.79. The SMILES string of the molecule is CCOC(=O)N[C@H](C)C(=O)N(C)[C@@H](CCCN=C(N)N)C(=O)N[C@@H](CC(N)=O)C(=O)N[C@H](C(=O)O)C(C)C. The number of nitrogens with one attached hydrogen (secondary N) is 3. The molecule has 216 valence electrons. The van der Waals surface area contributed by atoms with E-state index in [9.17, 15) is 33.9 Å².